The average molecular weight is 852 g/mol. The molecule has 0 radical (unpaired) electrons. The number of hydrogen-bond donors (Lipinski definition) is 3. The molecule has 1 aromatic carbocycles. The highest BCUT2D eigenvalue weighted by atomic mass is 32.2. The summed E-state index contributed by atoms with van der Waals surface area (Å²) in [5.74, 6) is -4.00. The lowest BCUT2D eigenvalue weighted by molar-refractivity contribution is -0.145. The van der Waals surface area contributed by atoms with Gasteiger partial charge in [-0.2, -0.15) is 13.2 Å². The Morgan fingerprint density at radius 1 is 1.07 bits per heavy atom. The predicted molar refractivity (Wildman–Crippen MR) is 204 cm³/mol. The Morgan fingerprint density at radius 3 is 2.46 bits per heavy atom. The highest BCUT2D eigenvalue weighted by Crippen LogP contribution is 2.54. The van der Waals surface area contributed by atoms with Crippen LogP contribution in [0.15, 0.2) is 30.4 Å². The van der Waals surface area contributed by atoms with Gasteiger partial charge in [0, 0.05) is 29.7 Å². The first-order chi connectivity index (χ1) is 27.5. The van der Waals surface area contributed by atoms with Crippen LogP contribution in [-0.2, 0) is 35.3 Å². The number of ether oxygens (including phenoxy) is 3. The minimum atomic E-state index is -5.11. The van der Waals surface area contributed by atoms with E-state index in [0.717, 1.165) is 4.90 Å². The first-order valence-electron chi connectivity index (χ1n) is 19.8. The molecule has 3 aliphatic heterocycles. The van der Waals surface area contributed by atoms with Crippen molar-refractivity contribution in [1.82, 2.24) is 25.2 Å². The molecule has 1 spiro atoms. The fourth-order valence-electron chi connectivity index (χ4n) is 8.33. The molecule has 59 heavy (non-hydrogen) atoms. The average Bonchev–Trinajstić information content (AvgIpc) is 4.03. The third-order valence-electron chi connectivity index (χ3n) is 11.9. The monoisotopic (exact) mass is 851 g/mol. The molecule has 6 atom stereocenters. The topological polar surface area (TPSA) is 182 Å². The summed E-state index contributed by atoms with van der Waals surface area (Å²) in [6.07, 6.45) is -2.60. The standard InChI is InChI=1S/C40H49F4N5O9S/c1-36(2,3)58-35(53)46-27-12-10-8-6-7-9-11-22-18-39(22,34(52)48-59(54,55)37(4)15-16-37)47-32(50)28-20-38(21-49(28)33(27)51)19-25(41)29-24-17-23(56-5)13-14-26(24)45-31(30(29)57-38)40(42,43)44/h9,11,13-14,17,22,25,27-28H,6-8,10,12,15-16,18-21H2,1-5H3,(H,46,53)(H,47,50)(H,48,52)/b11-9-/t22-,25?,27-,28-,38+,39+/m0/s1. The molecule has 322 valence electrons. The molecular formula is C40H49F4N5O9S. The number of aromatic nitrogens is 1. The molecular weight excluding hydrogens is 803 g/mol. The number of benzene rings is 1. The maximum Gasteiger partial charge on any atom is 0.437 e. The smallest absolute Gasteiger partial charge is 0.437 e. The highest BCUT2D eigenvalue weighted by molar-refractivity contribution is 7.91. The molecule has 7 rings (SSSR count). The van der Waals surface area contributed by atoms with Crippen LogP contribution in [0.5, 0.6) is 11.5 Å². The van der Waals surface area contributed by atoms with Crippen molar-refractivity contribution in [1.29, 1.82) is 0 Å². The number of rotatable bonds is 5. The lowest BCUT2D eigenvalue weighted by atomic mass is 9.85. The molecule has 14 nitrogen and oxygen atoms in total. The van der Waals surface area contributed by atoms with Gasteiger partial charge in [0.05, 0.1) is 23.9 Å². The van der Waals surface area contributed by atoms with Crippen LogP contribution in [-0.4, -0.2) is 89.3 Å². The Kier molecular flexibility index (Phi) is 10.6. The second kappa shape index (κ2) is 14.8. The maximum absolute atomic E-state index is 16.8. The Hall–Kier alpha value is -4.68. The summed E-state index contributed by atoms with van der Waals surface area (Å²) >= 11 is 0. The van der Waals surface area contributed by atoms with Crippen molar-refractivity contribution in [3.63, 3.8) is 0 Å². The van der Waals surface area contributed by atoms with E-state index in [1.807, 2.05) is 6.08 Å². The molecule has 2 aliphatic carbocycles. The molecule has 1 aromatic heterocycles. The quantitative estimate of drug-likeness (QED) is 0.250. The molecule has 2 saturated carbocycles. The summed E-state index contributed by atoms with van der Waals surface area (Å²) in [5, 5.41) is 5.32. The maximum atomic E-state index is 16.8. The number of alkyl carbamates (subject to hydrolysis) is 1. The van der Waals surface area contributed by atoms with Gasteiger partial charge in [-0.3, -0.25) is 19.1 Å². The zero-order valence-corrected chi connectivity index (χ0v) is 34.3. The van der Waals surface area contributed by atoms with E-state index in [2.05, 4.69) is 20.3 Å². The molecule has 2 aromatic rings. The molecule has 1 saturated heterocycles. The number of pyridine rings is 1. The molecule has 4 amide bonds. The number of nitrogens with one attached hydrogen (secondary N) is 3. The van der Waals surface area contributed by atoms with Crippen LogP contribution < -0.4 is 24.8 Å². The number of alkyl halides is 4. The van der Waals surface area contributed by atoms with Crippen molar-refractivity contribution in [2.45, 2.75) is 138 Å². The van der Waals surface area contributed by atoms with Gasteiger partial charge < -0.3 is 29.7 Å². The lowest BCUT2D eigenvalue weighted by Gasteiger charge is -2.38. The van der Waals surface area contributed by atoms with Crippen LogP contribution in [0.1, 0.15) is 109 Å². The minimum Gasteiger partial charge on any atom is -0.497 e. The summed E-state index contributed by atoms with van der Waals surface area (Å²) in [5.41, 5.74) is -6.69. The van der Waals surface area contributed by atoms with Crippen LogP contribution in [0.2, 0.25) is 0 Å². The van der Waals surface area contributed by atoms with Crippen LogP contribution in [0, 0.1) is 5.92 Å². The number of halogens is 4. The number of amides is 4. The molecule has 3 N–H and O–H groups in total. The predicted octanol–water partition coefficient (Wildman–Crippen LogP) is 5.68. The summed E-state index contributed by atoms with van der Waals surface area (Å²) in [4.78, 5) is 61.2. The van der Waals surface area contributed by atoms with Gasteiger partial charge in [0.2, 0.25) is 21.8 Å². The van der Waals surface area contributed by atoms with Crippen molar-refractivity contribution >= 4 is 44.7 Å². The third kappa shape index (κ3) is 8.27. The second-order valence-corrected chi connectivity index (χ2v) is 19.8. The van der Waals surface area contributed by atoms with Crippen LogP contribution >= 0.6 is 0 Å². The number of nitrogens with zero attached hydrogens (tertiary/aromatic N) is 2. The first kappa shape index (κ1) is 42.4. The Morgan fingerprint density at radius 2 is 1.80 bits per heavy atom. The normalized spacial score (nSPS) is 30.0. The molecule has 0 bridgehead atoms. The van der Waals surface area contributed by atoms with Crippen LogP contribution in [0.3, 0.4) is 0 Å². The Labute approximate surface area is 339 Å². The summed E-state index contributed by atoms with van der Waals surface area (Å²) in [6.45, 7) is 5.81. The number of carbonyl (C=O) groups is 4. The van der Waals surface area contributed by atoms with Crippen molar-refractivity contribution < 1.29 is 59.4 Å². The first-order valence-corrected chi connectivity index (χ1v) is 21.3. The summed E-state index contributed by atoms with van der Waals surface area (Å²) in [7, 11) is -2.80. The van der Waals surface area contributed by atoms with E-state index in [0.29, 0.717) is 38.5 Å². The zero-order valence-electron chi connectivity index (χ0n) is 33.5. The van der Waals surface area contributed by atoms with E-state index in [1.165, 1.54) is 32.2 Å². The van der Waals surface area contributed by atoms with Gasteiger partial charge in [-0.1, -0.05) is 25.0 Å². The Balaban J connectivity index is 1.29. The van der Waals surface area contributed by atoms with Gasteiger partial charge in [-0.15, -0.1) is 0 Å². The fraction of sp³-hybridized carbons (Fsp3) is 0.625. The van der Waals surface area contributed by atoms with Gasteiger partial charge in [-0.05, 0) is 84.4 Å². The highest BCUT2D eigenvalue weighted by Gasteiger charge is 2.64. The zero-order chi connectivity index (χ0) is 42.9. The van der Waals surface area contributed by atoms with Crippen LogP contribution in [0.25, 0.3) is 10.9 Å². The SMILES string of the molecule is COc1ccc2nc(C(F)(F)F)c3c(c2c1)C(F)C[C@]1(C[C@H]2C(=O)N[C@]4(C(=O)NS(=O)(=O)C5(C)CC5)C[C@@H]4/C=C\CCCCC[C@H](NC(=O)OC(C)(C)C)C(=O)N2C1)O3. The van der Waals surface area contributed by atoms with Gasteiger partial charge in [0.1, 0.15) is 40.7 Å². The van der Waals surface area contributed by atoms with E-state index in [-0.39, 0.29) is 29.5 Å². The van der Waals surface area contributed by atoms with E-state index in [4.69, 9.17) is 14.2 Å². The van der Waals surface area contributed by atoms with Crippen LogP contribution in [0.4, 0.5) is 22.4 Å². The van der Waals surface area contributed by atoms with E-state index >= 15 is 4.39 Å². The lowest BCUT2D eigenvalue weighted by Crippen LogP contribution is -2.58. The number of sulfonamides is 1. The summed E-state index contributed by atoms with van der Waals surface area (Å²) in [6, 6.07) is 1.17. The van der Waals surface area contributed by atoms with E-state index in [9.17, 15) is 40.8 Å². The number of fused-ring (bicyclic) bond motifs is 5. The molecule has 4 heterocycles. The number of hydrogen-bond acceptors (Lipinski definition) is 10. The van der Waals surface area contributed by atoms with Gasteiger partial charge in [0.15, 0.2) is 11.4 Å². The van der Waals surface area contributed by atoms with Crippen molar-refractivity contribution in [2.75, 3.05) is 13.7 Å². The molecule has 3 fully saturated rings. The number of carbonyl (C=O) groups excluding carboxylic acids is 4. The fourth-order valence-corrected chi connectivity index (χ4v) is 9.64. The minimum absolute atomic E-state index is 0.0220. The number of methoxy groups -OCH3 is 1. The Bertz CT molecular complexity index is 2210. The van der Waals surface area contributed by atoms with Crippen molar-refractivity contribution in [3.8, 4) is 11.5 Å². The summed E-state index contributed by atoms with van der Waals surface area (Å²) < 4.78 is 105. The largest absolute Gasteiger partial charge is 0.497 e. The van der Waals surface area contributed by atoms with Gasteiger partial charge in [0.25, 0.3) is 5.91 Å². The molecule has 1 unspecified atom stereocenters. The number of allylic oxidation sites excluding steroid dienone is 1. The molecule has 5 aliphatic rings. The van der Waals surface area contributed by atoms with Gasteiger partial charge >= 0.3 is 12.3 Å². The van der Waals surface area contributed by atoms with Gasteiger partial charge in [-0.25, -0.2) is 22.6 Å². The van der Waals surface area contributed by atoms with E-state index < -0.39 is 122 Å². The van der Waals surface area contributed by atoms with Crippen molar-refractivity contribution in [3.05, 3.63) is 41.6 Å². The third-order valence-corrected chi connectivity index (χ3v) is 14.1. The molecule has 19 heteroatoms. The second-order valence-electron chi connectivity index (χ2n) is 17.6. The van der Waals surface area contributed by atoms with Crippen molar-refractivity contribution in [2.24, 2.45) is 5.92 Å². The van der Waals surface area contributed by atoms with E-state index in [1.54, 1.807) is 26.8 Å².